The Morgan fingerprint density at radius 3 is 3.00 bits per heavy atom. The second kappa shape index (κ2) is 4.33. The fourth-order valence-electron chi connectivity index (χ4n) is 2.42. The van der Waals surface area contributed by atoms with E-state index in [9.17, 15) is 4.79 Å². The van der Waals surface area contributed by atoms with Crippen molar-refractivity contribution in [1.82, 2.24) is 5.32 Å². The maximum absolute atomic E-state index is 11.0. The molecular weight excluding hydrogens is 258 g/mol. The highest BCUT2D eigenvalue weighted by molar-refractivity contribution is 6.30. The summed E-state index contributed by atoms with van der Waals surface area (Å²) in [6.45, 7) is 0.639. The van der Waals surface area contributed by atoms with Gasteiger partial charge in [-0.3, -0.25) is 4.79 Å². The summed E-state index contributed by atoms with van der Waals surface area (Å²) in [5.74, 6) is 0.147. The molecule has 1 saturated heterocycles. The first-order valence-corrected chi connectivity index (χ1v) is 6.08. The van der Waals surface area contributed by atoms with Crippen molar-refractivity contribution in [1.29, 1.82) is 0 Å². The number of halogens is 1. The Morgan fingerprint density at radius 1 is 1.44 bits per heavy atom. The molecule has 96 valence electrons. The van der Waals surface area contributed by atoms with E-state index in [0.29, 0.717) is 29.5 Å². The fourth-order valence-corrected chi connectivity index (χ4v) is 2.64. The van der Waals surface area contributed by atoms with E-state index >= 15 is 0 Å². The number of rotatable bonds is 2. The standard InChI is InChI=1S/C12H12ClNO4/c13-7-2-8(11-10(3-7)17-5-18-11)9-1-6(4-14-9)12(15)16/h2-3,6,9,14H,1,4-5H2,(H,15,16). The SMILES string of the molecule is O=C(O)C1CNC(c2cc(Cl)cc3c2OCO3)C1. The van der Waals surface area contributed by atoms with Crippen LogP contribution in [0, 0.1) is 5.92 Å². The van der Waals surface area contributed by atoms with Gasteiger partial charge in [0.05, 0.1) is 5.92 Å². The number of aliphatic carboxylic acids is 1. The Morgan fingerprint density at radius 2 is 2.28 bits per heavy atom. The van der Waals surface area contributed by atoms with Crippen molar-refractivity contribution in [2.45, 2.75) is 12.5 Å². The average molecular weight is 270 g/mol. The van der Waals surface area contributed by atoms with Gasteiger partial charge in [-0.1, -0.05) is 11.6 Å². The predicted molar refractivity (Wildman–Crippen MR) is 64.1 cm³/mol. The Balaban J connectivity index is 1.91. The van der Waals surface area contributed by atoms with Crippen molar-refractivity contribution in [2.24, 2.45) is 5.92 Å². The van der Waals surface area contributed by atoms with Gasteiger partial charge in [-0.25, -0.2) is 0 Å². The molecule has 2 heterocycles. The second-order valence-corrected chi connectivity index (χ2v) is 4.90. The average Bonchev–Trinajstić information content (AvgIpc) is 2.95. The van der Waals surface area contributed by atoms with Gasteiger partial charge in [0.2, 0.25) is 6.79 Å². The summed E-state index contributed by atoms with van der Waals surface area (Å²) in [6, 6.07) is 3.45. The van der Waals surface area contributed by atoms with Gasteiger partial charge < -0.3 is 19.9 Å². The Bertz CT molecular complexity index is 505. The lowest BCUT2D eigenvalue weighted by Gasteiger charge is -2.13. The first-order chi connectivity index (χ1) is 8.65. The summed E-state index contributed by atoms with van der Waals surface area (Å²) in [5, 5.41) is 12.8. The van der Waals surface area contributed by atoms with Crippen LogP contribution in [0.5, 0.6) is 11.5 Å². The van der Waals surface area contributed by atoms with Crippen molar-refractivity contribution >= 4 is 17.6 Å². The quantitative estimate of drug-likeness (QED) is 0.857. The molecular formula is C12H12ClNO4. The highest BCUT2D eigenvalue weighted by Gasteiger charge is 2.33. The molecule has 0 amide bonds. The molecule has 2 aliphatic heterocycles. The van der Waals surface area contributed by atoms with Gasteiger partial charge >= 0.3 is 5.97 Å². The van der Waals surface area contributed by atoms with Crippen molar-refractivity contribution in [3.8, 4) is 11.5 Å². The summed E-state index contributed by atoms with van der Waals surface area (Å²) in [6.07, 6.45) is 0.533. The third-order valence-corrected chi connectivity index (χ3v) is 3.54. The Hall–Kier alpha value is -1.46. The molecule has 0 radical (unpaired) electrons. The molecule has 0 aromatic heterocycles. The van der Waals surface area contributed by atoms with Gasteiger partial charge in [0.1, 0.15) is 0 Å². The van der Waals surface area contributed by atoms with E-state index in [1.54, 1.807) is 12.1 Å². The van der Waals surface area contributed by atoms with E-state index in [2.05, 4.69) is 5.32 Å². The van der Waals surface area contributed by atoms with Crippen LogP contribution in [0.15, 0.2) is 12.1 Å². The zero-order valence-corrected chi connectivity index (χ0v) is 10.2. The molecule has 0 spiro atoms. The van der Waals surface area contributed by atoms with Crippen molar-refractivity contribution in [2.75, 3.05) is 13.3 Å². The lowest BCUT2D eigenvalue weighted by molar-refractivity contribution is -0.141. The molecule has 6 heteroatoms. The molecule has 2 aliphatic rings. The van der Waals surface area contributed by atoms with Crippen LogP contribution in [0.2, 0.25) is 5.02 Å². The van der Waals surface area contributed by atoms with E-state index in [1.807, 2.05) is 0 Å². The van der Waals surface area contributed by atoms with Gasteiger partial charge in [0.25, 0.3) is 0 Å². The van der Waals surface area contributed by atoms with Gasteiger partial charge in [0.15, 0.2) is 11.5 Å². The number of nitrogens with one attached hydrogen (secondary N) is 1. The zero-order valence-electron chi connectivity index (χ0n) is 9.48. The first kappa shape index (κ1) is 11.6. The number of carboxylic acid groups (broad SMARTS) is 1. The van der Waals surface area contributed by atoms with Crippen LogP contribution in [0.1, 0.15) is 18.0 Å². The zero-order chi connectivity index (χ0) is 12.7. The number of benzene rings is 1. The second-order valence-electron chi connectivity index (χ2n) is 4.46. The van der Waals surface area contributed by atoms with Crippen LogP contribution in [0.25, 0.3) is 0 Å². The van der Waals surface area contributed by atoms with E-state index < -0.39 is 5.97 Å². The molecule has 1 aromatic carbocycles. The number of fused-ring (bicyclic) bond motifs is 1. The number of carbonyl (C=O) groups is 1. The molecule has 0 saturated carbocycles. The number of hydrogen-bond acceptors (Lipinski definition) is 4. The minimum absolute atomic E-state index is 0.0553. The largest absolute Gasteiger partial charge is 0.481 e. The Labute approximate surface area is 109 Å². The summed E-state index contributed by atoms with van der Waals surface area (Å²) < 4.78 is 10.7. The highest BCUT2D eigenvalue weighted by atomic mass is 35.5. The van der Waals surface area contributed by atoms with Crippen LogP contribution in [-0.2, 0) is 4.79 Å². The molecule has 18 heavy (non-hydrogen) atoms. The molecule has 1 fully saturated rings. The lowest BCUT2D eigenvalue weighted by Crippen LogP contribution is -2.17. The van der Waals surface area contributed by atoms with E-state index in [-0.39, 0.29) is 18.8 Å². The molecule has 1 aromatic rings. The third-order valence-electron chi connectivity index (χ3n) is 3.32. The molecule has 0 bridgehead atoms. The maximum Gasteiger partial charge on any atom is 0.307 e. The summed E-state index contributed by atoms with van der Waals surface area (Å²) in [5.41, 5.74) is 0.874. The van der Waals surface area contributed by atoms with Crippen LogP contribution in [0.4, 0.5) is 0 Å². The molecule has 2 N–H and O–H groups in total. The number of carboxylic acids is 1. The molecule has 5 nitrogen and oxygen atoms in total. The normalized spacial score (nSPS) is 25.4. The summed E-state index contributed by atoms with van der Waals surface area (Å²) in [7, 11) is 0. The van der Waals surface area contributed by atoms with Crippen molar-refractivity contribution < 1.29 is 19.4 Å². The summed E-state index contributed by atoms with van der Waals surface area (Å²) in [4.78, 5) is 11.0. The molecule has 3 rings (SSSR count). The van der Waals surface area contributed by atoms with Crippen LogP contribution < -0.4 is 14.8 Å². The van der Waals surface area contributed by atoms with Crippen LogP contribution in [-0.4, -0.2) is 24.4 Å². The molecule has 0 aliphatic carbocycles. The Kier molecular flexibility index (Phi) is 2.80. The smallest absolute Gasteiger partial charge is 0.307 e. The molecule has 2 unspecified atom stereocenters. The van der Waals surface area contributed by atoms with Gasteiger partial charge in [-0.15, -0.1) is 0 Å². The first-order valence-electron chi connectivity index (χ1n) is 5.70. The van der Waals surface area contributed by atoms with Crippen LogP contribution >= 0.6 is 11.6 Å². The van der Waals surface area contributed by atoms with Gasteiger partial charge in [-0.05, 0) is 12.5 Å². The minimum Gasteiger partial charge on any atom is -0.481 e. The topological polar surface area (TPSA) is 67.8 Å². The minimum atomic E-state index is -0.777. The fraction of sp³-hybridized carbons (Fsp3) is 0.417. The highest BCUT2D eigenvalue weighted by Crippen LogP contribution is 2.43. The van der Waals surface area contributed by atoms with Crippen molar-refractivity contribution in [3.05, 3.63) is 22.7 Å². The van der Waals surface area contributed by atoms with E-state index in [0.717, 1.165) is 5.56 Å². The maximum atomic E-state index is 11.0. The third kappa shape index (κ3) is 1.89. The van der Waals surface area contributed by atoms with E-state index in [1.165, 1.54) is 0 Å². The van der Waals surface area contributed by atoms with E-state index in [4.69, 9.17) is 26.2 Å². The monoisotopic (exact) mass is 269 g/mol. The van der Waals surface area contributed by atoms with Crippen LogP contribution in [0.3, 0.4) is 0 Å². The molecule has 2 atom stereocenters. The predicted octanol–water partition coefficient (Wildman–Crippen LogP) is 1.80. The number of hydrogen-bond donors (Lipinski definition) is 2. The van der Waals surface area contributed by atoms with Gasteiger partial charge in [-0.2, -0.15) is 0 Å². The summed E-state index contributed by atoms with van der Waals surface area (Å²) >= 11 is 6.03. The lowest BCUT2D eigenvalue weighted by atomic mass is 9.99. The van der Waals surface area contributed by atoms with Gasteiger partial charge in [0, 0.05) is 29.2 Å². The van der Waals surface area contributed by atoms with Crippen molar-refractivity contribution in [3.63, 3.8) is 0 Å². The number of ether oxygens (including phenoxy) is 2.